The van der Waals surface area contributed by atoms with Gasteiger partial charge in [-0.25, -0.2) is 0 Å². The molecule has 0 radical (unpaired) electrons. The summed E-state index contributed by atoms with van der Waals surface area (Å²) < 4.78 is 0. The van der Waals surface area contributed by atoms with Crippen LogP contribution in [0.25, 0.3) is 0 Å². The number of likely N-dealkylation sites (N-methyl/N-ethyl adjacent to an activating group) is 1. The summed E-state index contributed by atoms with van der Waals surface area (Å²) in [4.78, 5) is 14.6. The third kappa shape index (κ3) is 4.25. The summed E-state index contributed by atoms with van der Waals surface area (Å²) in [5.74, 6) is 0.168. The Labute approximate surface area is 111 Å². The topological polar surface area (TPSA) is 58.4 Å². The van der Waals surface area contributed by atoms with Crippen LogP contribution < -0.4 is 11.1 Å². The highest BCUT2D eigenvalue weighted by atomic mass is 16.2. The van der Waals surface area contributed by atoms with Gasteiger partial charge in [0.25, 0.3) is 0 Å². The Morgan fingerprint density at radius 2 is 1.83 bits per heavy atom. The van der Waals surface area contributed by atoms with Crippen LogP contribution in [0.15, 0.2) is 0 Å². The average molecular weight is 255 g/mol. The van der Waals surface area contributed by atoms with Gasteiger partial charge in [-0.1, -0.05) is 25.7 Å². The molecular formula is C14H29N3O. The van der Waals surface area contributed by atoms with Crippen LogP contribution in [0, 0.1) is 5.41 Å². The summed E-state index contributed by atoms with van der Waals surface area (Å²) in [6, 6.07) is 0.180. The molecular weight excluding hydrogens is 226 g/mol. The summed E-state index contributed by atoms with van der Waals surface area (Å²) in [6.07, 6.45) is 6.64. The smallest absolute Gasteiger partial charge is 0.227 e. The second kappa shape index (κ2) is 7.10. The fraction of sp³-hybridized carbons (Fsp3) is 0.929. The highest BCUT2D eigenvalue weighted by Crippen LogP contribution is 2.34. The molecule has 1 saturated carbocycles. The van der Waals surface area contributed by atoms with E-state index < -0.39 is 0 Å². The van der Waals surface area contributed by atoms with Crippen molar-refractivity contribution in [2.24, 2.45) is 11.1 Å². The first-order chi connectivity index (χ1) is 8.50. The third-order valence-corrected chi connectivity index (χ3v) is 3.95. The zero-order valence-corrected chi connectivity index (χ0v) is 12.2. The van der Waals surface area contributed by atoms with Gasteiger partial charge in [0.15, 0.2) is 0 Å². The first-order valence-electron chi connectivity index (χ1n) is 7.16. The van der Waals surface area contributed by atoms with Gasteiger partial charge in [0.1, 0.15) is 0 Å². The van der Waals surface area contributed by atoms with E-state index in [0.29, 0.717) is 6.54 Å². The van der Waals surface area contributed by atoms with Crippen LogP contribution in [0.3, 0.4) is 0 Å². The molecule has 1 amide bonds. The van der Waals surface area contributed by atoms with Crippen LogP contribution in [0.2, 0.25) is 0 Å². The number of hydrogen-bond donors (Lipinski definition) is 2. The van der Waals surface area contributed by atoms with E-state index in [2.05, 4.69) is 17.1 Å². The maximum Gasteiger partial charge on any atom is 0.227 e. The molecule has 1 aliphatic carbocycles. The molecule has 4 nitrogen and oxygen atoms in total. The number of carbonyl (C=O) groups excluding carboxylic acids is 1. The van der Waals surface area contributed by atoms with E-state index in [9.17, 15) is 4.79 Å². The monoisotopic (exact) mass is 255 g/mol. The lowest BCUT2D eigenvalue weighted by Gasteiger charge is -2.32. The van der Waals surface area contributed by atoms with E-state index in [1.807, 2.05) is 14.1 Å². The minimum absolute atomic E-state index is 0.168. The van der Waals surface area contributed by atoms with Gasteiger partial charge in [0.2, 0.25) is 5.91 Å². The molecule has 1 aliphatic rings. The van der Waals surface area contributed by atoms with Gasteiger partial charge in [-0.3, -0.25) is 4.79 Å². The van der Waals surface area contributed by atoms with Crippen LogP contribution in [0.4, 0.5) is 0 Å². The fourth-order valence-corrected chi connectivity index (χ4v) is 2.90. The SMILES string of the molecule is CC(CN(C)C)NC(=O)C1(CN)CCCCCC1. The molecule has 0 aliphatic heterocycles. The standard InChI is InChI=1S/C14H29N3O/c1-12(10-17(2)3)16-13(18)14(11-15)8-6-4-5-7-9-14/h12H,4-11,15H2,1-3H3,(H,16,18). The van der Waals surface area contributed by atoms with E-state index >= 15 is 0 Å². The van der Waals surface area contributed by atoms with Gasteiger partial charge in [-0.2, -0.15) is 0 Å². The number of carbonyl (C=O) groups is 1. The number of amides is 1. The van der Waals surface area contributed by atoms with Crippen LogP contribution in [-0.4, -0.2) is 44.0 Å². The molecule has 0 aromatic heterocycles. The minimum atomic E-state index is -0.308. The Bertz CT molecular complexity index is 258. The van der Waals surface area contributed by atoms with E-state index in [1.165, 1.54) is 12.8 Å². The van der Waals surface area contributed by atoms with Gasteiger partial charge >= 0.3 is 0 Å². The number of nitrogens with one attached hydrogen (secondary N) is 1. The first-order valence-corrected chi connectivity index (χ1v) is 7.16. The molecule has 106 valence electrons. The third-order valence-electron chi connectivity index (χ3n) is 3.95. The lowest BCUT2D eigenvalue weighted by Crippen LogP contribution is -2.50. The molecule has 0 saturated heterocycles. The second-order valence-electron chi connectivity index (χ2n) is 6.04. The Morgan fingerprint density at radius 1 is 1.28 bits per heavy atom. The molecule has 1 atom stereocenters. The summed E-state index contributed by atoms with van der Waals surface area (Å²) in [6.45, 7) is 3.40. The normalized spacial score (nSPS) is 21.4. The second-order valence-corrected chi connectivity index (χ2v) is 6.04. The molecule has 3 N–H and O–H groups in total. The highest BCUT2D eigenvalue weighted by molar-refractivity contribution is 5.83. The molecule has 0 spiro atoms. The van der Waals surface area contributed by atoms with E-state index in [4.69, 9.17) is 5.73 Å². The highest BCUT2D eigenvalue weighted by Gasteiger charge is 2.37. The largest absolute Gasteiger partial charge is 0.352 e. The fourth-order valence-electron chi connectivity index (χ4n) is 2.90. The Hall–Kier alpha value is -0.610. The van der Waals surface area contributed by atoms with Gasteiger partial charge in [-0.15, -0.1) is 0 Å². The van der Waals surface area contributed by atoms with Gasteiger partial charge < -0.3 is 16.0 Å². The maximum absolute atomic E-state index is 12.5. The summed E-state index contributed by atoms with van der Waals surface area (Å²) >= 11 is 0. The molecule has 1 rings (SSSR count). The van der Waals surface area contributed by atoms with Crippen LogP contribution in [-0.2, 0) is 4.79 Å². The molecule has 0 aromatic carbocycles. The van der Waals surface area contributed by atoms with Crippen molar-refractivity contribution in [3.8, 4) is 0 Å². The lowest BCUT2D eigenvalue weighted by atomic mass is 9.79. The molecule has 0 aromatic rings. The number of rotatable bonds is 5. The maximum atomic E-state index is 12.5. The Morgan fingerprint density at radius 3 is 2.28 bits per heavy atom. The lowest BCUT2D eigenvalue weighted by molar-refractivity contribution is -0.132. The molecule has 1 fully saturated rings. The quantitative estimate of drug-likeness (QED) is 0.729. The molecule has 18 heavy (non-hydrogen) atoms. The molecule has 0 heterocycles. The van der Waals surface area contributed by atoms with Crippen molar-refractivity contribution in [1.82, 2.24) is 10.2 Å². The molecule has 0 bridgehead atoms. The van der Waals surface area contributed by atoms with Crippen LogP contribution in [0.5, 0.6) is 0 Å². The van der Waals surface area contributed by atoms with Gasteiger partial charge in [0.05, 0.1) is 5.41 Å². The van der Waals surface area contributed by atoms with E-state index in [1.54, 1.807) is 0 Å². The number of nitrogens with zero attached hydrogens (tertiary/aromatic N) is 1. The zero-order valence-electron chi connectivity index (χ0n) is 12.2. The average Bonchev–Trinajstić information content (AvgIpc) is 2.53. The van der Waals surface area contributed by atoms with Crippen molar-refractivity contribution in [3.63, 3.8) is 0 Å². The van der Waals surface area contributed by atoms with Crippen molar-refractivity contribution in [3.05, 3.63) is 0 Å². The van der Waals surface area contributed by atoms with Crippen molar-refractivity contribution in [1.29, 1.82) is 0 Å². The summed E-state index contributed by atoms with van der Waals surface area (Å²) in [5, 5.41) is 3.14. The van der Waals surface area contributed by atoms with Crippen molar-refractivity contribution in [2.45, 2.75) is 51.5 Å². The van der Waals surface area contributed by atoms with Crippen molar-refractivity contribution < 1.29 is 4.79 Å². The van der Waals surface area contributed by atoms with Gasteiger partial charge in [-0.05, 0) is 33.9 Å². The van der Waals surface area contributed by atoms with E-state index in [-0.39, 0.29) is 17.4 Å². The van der Waals surface area contributed by atoms with Crippen LogP contribution >= 0.6 is 0 Å². The van der Waals surface area contributed by atoms with E-state index in [0.717, 1.165) is 32.2 Å². The van der Waals surface area contributed by atoms with Crippen molar-refractivity contribution >= 4 is 5.91 Å². The minimum Gasteiger partial charge on any atom is -0.352 e. The van der Waals surface area contributed by atoms with Crippen molar-refractivity contribution in [2.75, 3.05) is 27.2 Å². The Kier molecular flexibility index (Phi) is 6.09. The summed E-state index contributed by atoms with van der Waals surface area (Å²) in [5.41, 5.74) is 5.61. The predicted octanol–water partition coefficient (Wildman–Crippen LogP) is 1.35. The Balaban J connectivity index is 2.60. The predicted molar refractivity (Wildman–Crippen MR) is 75.3 cm³/mol. The summed E-state index contributed by atoms with van der Waals surface area (Å²) in [7, 11) is 4.04. The zero-order chi connectivity index (χ0) is 13.6. The number of nitrogens with two attached hydrogens (primary N) is 1. The molecule has 4 heteroatoms. The number of hydrogen-bond acceptors (Lipinski definition) is 3. The van der Waals surface area contributed by atoms with Gasteiger partial charge in [0, 0.05) is 19.1 Å². The first kappa shape index (κ1) is 15.4. The van der Waals surface area contributed by atoms with Crippen LogP contribution in [0.1, 0.15) is 45.4 Å². The molecule has 1 unspecified atom stereocenters.